The molecule has 0 spiro atoms. The fourth-order valence-electron chi connectivity index (χ4n) is 1.31. The van der Waals surface area contributed by atoms with Gasteiger partial charge in [0.1, 0.15) is 0 Å². The van der Waals surface area contributed by atoms with E-state index in [1.807, 2.05) is 18.2 Å². The Morgan fingerprint density at radius 2 is 2.20 bits per heavy atom. The maximum atomic E-state index is 9.21. The lowest BCUT2D eigenvalue weighted by Gasteiger charge is -2.13. The molecule has 1 unspecified atom stereocenters. The minimum atomic E-state index is -0.742. The number of nitrogens with one attached hydrogen (secondary N) is 1. The quantitative estimate of drug-likeness (QED) is 0.720. The Kier molecular flexibility index (Phi) is 4.88. The summed E-state index contributed by atoms with van der Waals surface area (Å²) in [6.45, 7) is 2.13. The zero-order valence-electron chi connectivity index (χ0n) is 8.70. The number of aryl methyl sites for hydroxylation is 1. The highest BCUT2D eigenvalue weighted by molar-refractivity contribution is 6.30. The molecule has 0 bridgehead atoms. The molecule has 0 heterocycles. The molecule has 4 heteroatoms. The van der Waals surface area contributed by atoms with Crippen LogP contribution in [0.5, 0.6) is 0 Å². The highest BCUT2D eigenvalue weighted by atomic mass is 35.5. The Hall–Kier alpha value is -0.770. The van der Waals surface area contributed by atoms with Gasteiger partial charge in [-0.25, -0.2) is 0 Å². The number of benzene rings is 1. The van der Waals surface area contributed by atoms with Gasteiger partial charge in [0, 0.05) is 17.3 Å². The lowest BCUT2D eigenvalue weighted by Crippen LogP contribution is -2.23. The molecule has 15 heavy (non-hydrogen) atoms. The number of hydrogen-bond donors (Lipinski definition) is 3. The second-order valence-electron chi connectivity index (χ2n) is 3.37. The van der Waals surface area contributed by atoms with Gasteiger partial charge in [-0.05, 0) is 24.1 Å². The SMILES string of the molecule is CCc1ccc(Cl)cc1NCC(O)CO. The van der Waals surface area contributed by atoms with Crippen molar-refractivity contribution in [2.24, 2.45) is 0 Å². The molecule has 1 aromatic rings. The van der Waals surface area contributed by atoms with Crippen LogP contribution in [0.25, 0.3) is 0 Å². The van der Waals surface area contributed by atoms with Crippen molar-refractivity contribution in [3.63, 3.8) is 0 Å². The predicted octanol–water partition coefficient (Wildman–Crippen LogP) is 1.67. The van der Waals surface area contributed by atoms with Gasteiger partial charge in [0.25, 0.3) is 0 Å². The summed E-state index contributed by atoms with van der Waals surface area (Å²) in [4.78, 5) is 0. The molecule has 0 saturated carbocycles. The lowest BCUT2D eigenvalue weighted by molar-refractivity contribution is 0.105. The summed E-state index contributed by atoms with van der Waals surface area (Å²) in [5, 5.41) is 21.6. The van der Waals surface area contributed by atoms with Crippen LogP contribution in [-0.4, -0.2) is 29.5 Å². The maximum absolute atomic E-state index is 9.21. The summed E-state index contributed by atoms with van der Waals surface area (Å²) < 4.78 is 0. The van der Waals surface area contributed by atoms with Gasteiger partial charge in [-0.2, -0.15) is 0 Å². The van der Waals surface area contributed by atoms with E-state index in [-0.39, 0.29) is 6.61 Å². The maximum Gasteiger partial charge on any atom is 0.0942 e. The first-order valence-electron chi connectivity index (χ1n) is 4.98. The highest BCUT2D eigenvalue weighted by Gasteiger charge is 2.04. The molecule has 0 aliphatic carbocycles. The third-order valence-electron chi connectivity index (χ3n) is 2.19. The Morgan fingerprint density at radius 3 is 2.80 bits per heavy atom. The second-order valence-corrected chi connectivity index (χ2v) is 3.81. The van der Waals surface area contributed by atoms with E-state index >= 15 is 0 Å². The number of hydrogen-bond acceptors (Lipinski definition) is 3. The zero-order valence-corrected chi connectivity index (χ0v) is 9.46. The largest absolute Gasteiger partial charge is 0.394 e. The summed E-state index contributed by atoms with van der Waals surface area (Å²) >= 11 is 5.87. The fourth-order valence-corrected chi connectivity index (χ4v) is 1.49. The molecule has 0 aliphatic rings. The summed E-state index contributed by atoms with van der Waals surface area (Å²) in [5.74, 6) is 0. The molecule has 0 aromatic heterocycles. The molecule has 0 radical (unpaired) electrons. The van der Waals surface area contributed by atoms with Crippen molar-refractivity contribution in [3.05, 3.63) is 28.8 Å². The van der Waals surface area contributed by atoms with Gasteiger partial charge in [0.2, 0.25) is 0 Å². The van der Waals surface area contributed by atoms with Crippen LogP contribution < -0.4 is 5.32 Å². The summed E-state index contributed by atoms with van der Waals surface area (Å²) in [6, 6.07) is 5.62. The first kappa shape index (κ1) is 12.3. The van der Waals surface area contributed by atoms with E-state index in [4.69, 9.17) is 16.7 Å². The van der Waals surface area contributed by atoms with Gasteiger partial charge in [0.05, 0.1) is 12.7 Å². The van der Waals surface area contributed by atoms with Crippen molar-refractivity contribution >= 4 is 17.3 Å². The van der Waals surface area contributed by atoms with E-state index in [0.29, 0.717) is 11.6 Å². The van der Waals surface area contributed by atoms with Crippen LogP contribution in [0.1, 0.15) is 12.5 Å². The lowest BCUT2D eigenvalue weighted by atomic mass is 10.1. The standard InChI is InChI=1S/C11H16ClNO2/c1-2-8-3-4-9(12)5-11(8)13-6-10(15)7-14/h3-5,10,13-15H,2,6-7H2,1H3. The number of rotatable bonds is 5. The van der Waals surface area contributed by atoms with Crippen LogP contribution in [0.3, 0.4) is 0 Å². The van der Waals surface area contributed by atoms with E-state index in [1.165, 1.54) is 0 Å². The van der Waals surface area contributed by atoms with E-state index < -0.39 is 6.10 Å². The topological polar surface area (TPSA) is 52.5 Å². The van der Waals surface area contributed by atoms with Crippen LogP contribution in [0, 0.1) is 0 Å². The van der Waals surface area contributed by atoms with E-state index in [9.17, 15) is 5.11 Å². The minimum absolute atomic E-state index is 0.241. The zero-order chi connectivity index (χ0) is 11.3. The van der Waals surface area contributed by atoms with Gasteiger partial charge in [-0.1, -0.05) is 24.6 Å². The summed E-state index contributed by atoms with van der Waals surface area (Å²) in [6.07, 6.45) is 0.156. The van der Waals surface area contributed by atoms with Crippen LogP contribution in [-0.2, 0) is 6.42 Å². The van der Waals surface area contributed by atoms with Gasteiger partial charge in [0.15, 0.2) is 0 Å². The second kappa shape index (κ2) is 5.95. The van der Waals surface area contributed by atoms with Crippen molar-refractivity contribution < 1.29 is 10.2 Å². The average molecular weight is 230 g/mol. The molecule has 3 N–H and O–H groups in total. The third-order valence-corrected chi connectivity index (χ3v) is 2.43. The number of aliphatic hydroxyl groups is 2. The fraction of sp³-hybridized carbons (Fsp3) is 0.455. The number of halogens is 1. The van der Waals surface area contributed by atoms with Crippen molar-refractivity contribution in [1.29, 1.82) is 0 Å². The van der Waals surface area contributed by atoms with Gasteiger partial charge in [-0.15, -0.1) is 0 Å². The Labute approximate surface area is 94.7 Å². The molecule has 3 nitrogen and oxygen atoms in total. The Balaban J connectivity index is 2.69. The van der Waals surface area contributed by atoms with Crippen LogP contribution in [0.4, 0.5) is 5.69 Å². The average Bonchev–Trinajstić information content (AvgIpc) is 2.26. The first-order chi connectivity index (χ1) is 7.17. The number of anilines is 1. The molecule has 0 amide bonds. The van der Waals surface area contributed by atoms with Crippen molar-refractivity contribution in [3.8, 4) is 0 Å². The van der Waals surface area contributed by atoms with Crippen LogP contribution >= 0.6 is 11.6 Å². The van der Waals surface area contributed by atoms with E-state index in [2.05, 4.69) is 12.2 Å². The van der Waals surface area contributed by atoms with E-state index in [1.54, 1.807) is 0 Å². The molecular weight excluding hydrogens is 214 g/mol. The molecular formula is C11H16ClNO2. The molecule has 0 fully saturated rings. The monoisotopic (exact) mass is 229 g/mol. The summed E-state index contributed by atoms with van der Waals surface area (Å²) in [7, 11) is 0. The van der Waals surface area contributed by atoms with Crippen molar-refractivity contribution in [2.45, 2.75) is 19.4 Å². The molecule has 84 valence electrons. The molecule has 1 rings (SSSR count). The number of aliphatic hydroxyl groups excluding tert-OH is 2. The van der Waals surface area contributed by atoms with Crippen molar-refractivity contribution in [2.75, 3.05) is 18.5 Å². The molecule has 0 aliphatic heterocycles. The first-order valence-corrected chi connectivity index (χ1v) is 5.36. The van der Waals surface area contributed by atoms with Crippen LogP contribution in [0.15, 0.2) is 18.2 Å². The minimum Gasteiger partial charge on any atom is -0.394 e. The molecule has 1 atom stereocenters. The van der Waals surface area contributed by atoms with Crippen LogP contribution in [0.2, 0.25) is 5.02 Å². The smallest absolute Gasteiger partial charge is 0.0942 e. The van der Waals surface area contributed by atoms with E-state index in [0.717, 1.165) is 17.7 Å². The van der Waals surface area contributed by atoms with Gasteiger partial charge < -0.3 is 15.5 Å². The van der Waals surface area contributed by atoms with Gasteiger partial charge in [-0.3, -0.25) is 0 Å². The van der Waals surface area contributed by atoms with Gasteiger partial charge >= 0.3 is 0 Å². The normalized spacial score (nSPS) is 12.5. The third kappa shape index (κ3) is 3.70. The highest BCUT2D eigenvalue weighted by Crippen LogP contribution is 2.21. The molecule has 0 saturated heterocycles. The molecule has 1 aromatic carbocycles. The summed E-state index contributed by atoms with van der Waals surface area (Å²) in [5.41, 5.74) is 2.06. The predicted molar refractivity (Wildman–Crippen MR) is 62.4 cm³/mol. The van der Waals surface area contributed by atoms with Crippen molar-refractivity contribution in [1.82, 2.24) is 0 Å². The Morgan fingerprint density at radius 1 is 1.47 bits per heavy atom. The Bertz CT molecular complexity index is 317.